The number of hydrogen-bond donors (Lipinski definition) is 0. The lowest BCUT2D eigenvalue weighted by atomic mass is 10.2. The molecule has 0 saturated carbocycles. The van der Waals surface area contributed by atoms with Gasteiger partial charge in [-0.3, -0.25) is 4.68 Å². The molecule has 0 aliphatic heterocycles. The lowest BCUT2D eigenvalue weighted by Crippen LogP contribution is -2.01. The highest BCUT2D eigenvalue weighted by molar-refractivity contribution is 14.1. The van der Waals surface area contributed by atoms with E-state index in [0.717, 1.165) is 14.8 Å². The lowest BCUT2D eigenvalue weighted by molar-refractivity contribution is 0.619. The van der Waals surface area contributed by atoms with E-state index in [1.165, 1.54) is 12.1 Å². The third-order valence-electron chi connectivity index (χ3n) is 2.22. The minimum absolute atomic E-state index is 0.280. The first-order valence-electron chi connectivity index (χ1n) is 4.70. The van der Waals surface area contributed by atoms with Crippen LogP contribution in [0.25, 0.3) is 0 Å². The van der Waals surface area contributed by atoms with Gasteiger partial charge in [-0.15, -0.1) is 0 Å². The fourth-order valence-corrected chi connectivity index (χ4v) is 2.01. The molecule has 0 aliphatic carbocycles. The van der Waals surface area contributed by atoms with E-state index in [1.54, 1.807) is 10.7 Å². The Labute approximate surface area is 112 Å². The Kier molecular flexibility index (Phi) is 3.49. The van der Waals surface area contributed by atoms with E-state index in [1.807, 2.05) is 13.1 Å². The average molecular weight is 351 g/mol. The van der Waals surface area contributed by atoms with Crippen LogP contribution in [0.4, 0.5) is 4.39 Å². The highest BCUT2D eigenvalue weighted by Crippen LogP contribution is 2.18. The van der Waals surface area contributed by atoms with Crippen molar-refractivity contribution in [3.8, 4) is 0 Å². The Balaban J connectivity index is 2.29. The van der Waals surface area contributed by atoms with E-state index in [9.17, 15) is 4.39 Å². The summed E-state index contributed by atoms with van der Waals surface area (Å²) in [4.78, 5) is 0. The fourth-order valence-electron chi connectivity index (χ4n) is 1.42. The molecule has 0 atom stereocenters. The standard InChI is InChI=1S/C11H9ClFIN2/c1-7-5-16(15-11(7)14)6-8-4-9(13)2-3-10(8)12/h2-5H,6H2,1H3. The minimum Gasteiger partial charge on any atom is -0.267 e. The van der Waals surface area contributed by atoms with E-state index in [2.05, 4.69) is 27.7 Å². The molecule has 1 aromatic heterocycles. The predicted molar refractivity (Wildman–Crippen MR) is 70.2 cm³/mol. The van der Waals surface area contributed by atoms with E-state index in [4.69, 9.17) is 11.6 Å². The van der Waals surface area contributed by atoms with Crippen molar-refractivity contribution >= 4 is 34.2 Å². The number of nitrogens with zero attached hydrogens (tertiary/aromatic N) is 2. The molecule has 0 amide bonds. The molecule has 0 unspecified atom stereocenters. The van der Waals surface area contributed by atoms with Crippen LogP contribution >= 0.6 is 34.2 Å². The van der Waals surface area contributed by atoms with Gasteiger partial charge in [0.25, 0.3) is 0 Å². The highest BCUT2D eigenvalue weighted by atomic mass is 127. The van der Waals surface area contributed by atoms with Crippen molar-refractivity contribution in [2.24, 2.45) is 0 Å². The Morgan fingerprint density at radius 2 is 2.25 bits per heavy atom. The van der Waals surface area contributed by atoms with Crippen LogP contribution in [0.2, 0.25) is 5.02 Å². The molecular weight excluding hydrogens is 341 g/mol. The molecule has 0 N–H and O–H groups in total. The van der Waals surface area contributed by atoms with E-state index in [0.29, 0.717) is 11.6 Å². The van der Waals surface area contributed by atoms with Gasteiger partial charge in [-0.2, -0.15) is 5.10 Å². The molecule has 0 saturated heterocycles. The van der Waals surface area contributed by atoms with Crippen LogP contribution in [0.3, 0.4) is 0 Å². The molecule has 84 valence electrons. The van der Waals surface area contributed by atoms with Crippen molar-refractivity contribution in [3.63, 3.8) is 0 Å². The fraction of sp³-hybridized carbons (Fsp3) is 0.182. The summed E-state index contributed by atoms with van der Waals surface area (Å²) in [5, 5.41) is 4.86. The van der Waals surface area contributed by atoms with Crippen molar-refractivity contribution in [2.75, 3.05) is 0 Å². The average Bonchev–Trinajstić information content (AvgIpc) is 2.52. The molecule has 0 radical (unpaired) electrons. The molecule has 0 spiro atoms. The second kappa shape index (κ2) is 4.71. The second-order valence-electron chi connectivity index (χ2n) is 3.54. The summed E-state index contributed by atoms with van der Waals surface area (Å²) in [6, 6.07) is 4.35. The Morgan fingerprint density at radius 3 is 2.88 bits per heavy atom. The topological polar surface area (TPSA) is 17.8 Å². The first kappa shape index (κ1) is 11.9. The van der Waals surface area contributed by atoms with Crippen LogP contribution in [0, 0.1) is 16.4 Å². The first-order valence-corrected chi connectivity index (χ1v) is 6.15. The summed E-state index contributed by atoms with van der Waals surface area (Å²) in [5.41, 5.74) is 1.84. The molecule has 0 bridgehead atoms. The van der Waals surface area contributed by atoms with Crippen LogP contribution in [0.1, 0.15) is 11.1 Å². The number of aryl methyl sites for hydroxylation is 1. The predicted octanol–water partition coefficient (Wildman–Crippen LogP) is 3.64. The zero-order valence-corrected chi connectivity index (χ0v) is 11.5. The lowest BCUT2D eigenvalue weighted by Gasteiger charge is -2.04. The molecule has 0 fully saturated rings. The van der Waals surface area contributed by atoms with Gasteiger partial charge in [-0.05, 0) is 53.3 Å². The number of rotatable bonds is 2. The van der Waals surface area contributed by atoms with E-state index < -0.39 is 0 Å². The summed E-state index contributed by atoms with van der Waals surface area (Å²) in [5.74, 6) is -0.280. The van der Waals surface area contributed by atoms with Crippen molar-refractivity contribution in [1.29, 1.82) is 0 Å². The SMILES string of the molecule is Cc1cn(Cc2cc(F)ccc2Cl)nc1I. The number of halogens is 3. The maximum atomic E-state index is 13.0. The first-order chi connectivity index (χ1) is 7.56. The summed E-state index contributed by atoms with van der Waals surface area (Å²) in [6.45, 7) is 2.47. The van der Waals surface area contributed by atoms with Gasteiger partial charge >= 0.3 is 0 Å². The summed E-state index contributed by atoms with van der Waals surface area (Å²) in [6.07, 6.45) is 1.92. The van der Waals surface area contributed by atoms with Crippen molar-refractivity contribution in [1.82, 2.24) is 9.78 Å². The normalized spacial score (nSPS) is 10.8. The van der Waals surface area contributed by atoms with E-state index in [-0.39, 0.29) is 5.82 Å². The summed E-state index contributed by atoms with van der Waals surface area (Å²) >= 11 is 8.15. The van der Waals surface area contributed by atoms with Crippen LogP contribution in [-0.2, 0) is 6.54 Å². The van der Waals surface area contributed by atoms with Gasteiger partial charge in [-0.1, -0.05) is 11.6 Å². The Bertz CT molecular complexity index is 505. The smallest absolute Gasteiger partial charge is 0.126 e. The maximum Gasteiger partial charge on any atom is 0.126 e. The van der Waals surface area contributed by atoms with Crippen LogP contribution in [0.5, 0.6) is 0 Å². The molecule has 1 aromatic carbocycles. The monoisotopic (exact) mass is 350 g/mol. The molecular formula is C11H9ClFIN2. The zero-order chi connectivity index (χ0) is 11.7. The van der Waals surface area contributed by atoms with Crippen molar-refractivity contribution < 1.29 is 4.39 Å². The van der Waals surface area contributed by atoms with Gasteiger partial charge in [0.1, 0.15) is 9.52 Å². The number of benzene rings is 1. The van der Waals surface area contributed by atoms with Gasteiger partial charge in [-0.25, -0.2) is 4.39 Å². The van der Waals surface area contributed by atoms with Crippen LogP contribution < -0.4 is 0 Å². The van der Waals surface area contributed by atoms with Gasteiger partial charge in [0.2, 0.25) is 0 Å². The van der Waals surface area contributed by atoms with Gasteiger partial charge in [0.05, 0.1) is 6.54 Å². The third-order valence-corrected chi connectivity index (χ3v) is 3.66. The molecule has 0 aliphatic rings. The summed E-state index contributed by atoms with van der Waals surface area (Å²) < 4.78 is 15.8. The third kappa shape index (κ3) is 2.55. The molecule has 16 heavy (non-hydrogen) atoms. The van der Waals surface area contributed by atoms with E-state index >= 15 is 0 Å². The molecule has 2 aromatic rings. The highest BCUT2D eigenvalue weighted by Gasteiger charge is 2.06. The minimum atomic E-state index is -0.280. The van der Waals surface area contributed by atoms with Gasteiger partial charge in [0, 0.05) is 16.8 Å². The maximum absolute atomic E-state index is 13.0. The number of hydrogen-bond acceptors (Lipinski definition) is 1. The number of aromatic nitrogens is 2. The molecule has 5 heteroatoms. The molecule has 1 heterocycles. The van der Waals surface area contributed by atoms with Crippen LogP contribution in [0.15, 0.2) is 24.4 Å². The molecule has 2 nitrogen and oxygen atoms in total. The summed E-state index contributed by atoms with van der Waals surface area (Å²) in [7, 11) is 0. The van der Waals surface area contributed by atoms with Crippen molar-refractivity contribution in [2.45, 2.75) is 13.5 Å². The van der Waals surface area contributed by atoms with Crippen LogP contribution in [-0.4, -0.2) is 9.78 Å². The second-order valence-corrected chi connectivity index (χ2v) is 4.97. The van der Waals surface area contributed by atoms with Crippen molar-refractivity contribution in [3.05, 3.63) is 50.1 Å². The largest absolute Gasteiger partial charge is 0.267 e. The molecule has 2 rings (SSSR count). The zero-order valence-electron chi connectivity index (χ0n) is 8.54. The quantitative estimate of drug-likeness (QED) is 0.756. The Morgan fingerprint density at radius 1 is 1.50 bits per heavy atom. The van der Waals surface area contributed by atoms with Gasteiger partial charge in [0.15, 0.2) is 0 Å². The Hall–Kier alpha value is -0.620. The van der Waals surface area contributed by atoms with Gasteiger partial charge < -0.3 is 0 Å².